The number of carbonyl (C=O) groups excluding carboxylic acids is 1. The lowest BCUT2D eigenvalue weighted by atomic mass is 10.1. The molecule has 2 aliphatic rings. The molecule has 6 nitrogen and oxygen atoms in total. The molecule has 0 radical (unpaired) electrons. The van der Waals surface area contributed by atoms with Crippen LogP contribution in [0.1, 0.15) is 15.9 Å². The maximum Gasteiger partial charge on any atom is 0.263 e. The van der Waals surface area contributed by atoms with Crippen LogP contribution in [0.2, 0.25) is 0 Å². The molecule has 170 valence electrons. The Balaban J connectivity index is 1.34. The summed E-state index contributed by atoms with van der Waals surface area (Å²) >= 11 is 5.09. The minimum atomic E-state index is -2.34. The van der Waals surface area contributed by atoms with Crippen molar-refractivity contribution in [2.75, 3.05) is 33.0 Å². The molecule has 0 atom stereocenters. The van der Waals surface area contributed by atoms with E-state index in [2.05, 4.69) is 4.90 Å². The molecule has 0 bridgehead atoms. The maximum atomic E-state index is 13.8. The third-order valence-electron chi connectivity index (χ3n) is 5.16. The van der Waals surface area contributed by atoms with Gasteiger partial charge in [0.15, 0.2) is 39.9 Å². The Kier molecular flexibility index (Phi) is 6.15. The first-order chi connectivity index (χ1) is 15.3. The Labute approximate surface area is 184 Å². The van der Waals surface area contributed by atoms with E-state index in [1.807, 2.05) is 23.5 Å². The number of thiocarbonyl (C=S) groups is 1. The number of hydrogen-bond donors (Lipinski definition) is 1. The molecular weight excluding hydrogens is 457 g/mol. The van der Waals surface area contributed by atoms with Gasteiger partial charge in [0.25, 0.3) is 5.91 Å². The van der Waals surface area contributed by atoms with E-state index in [-0.39, 0.29) is 11.9 Å². The molecule has 0 aliphatic carbocycles. The molecule has 0 spiro atoms. The van der Waals surface area contributed by atoms with Gasteiger partial charge >= 0.3 is 0 Å². The van der Waals surface area contributed by atoms with E-state index >= 15 is 0 Å². The highest BCUT2D eigenvalue weighted by Gasteiger charge is 2.31. The molecule has 0 aromatic heterocycles. The number of rotatable bonds is 3. The number of fused-ring (bicyclic) bond motifs is 1. The molecule has 1 fully saturated rings. The average molecular weight is 473 g/mol. The molecule has 0 unspecified atom stereocenters. The summed E-state index contributed by atoms with van der Waals surface area (Å²) in [6.45, 7) is 2.72. The van der Waals surface area contributed by atoms with E-state index in [0.717, 1.165) is 5.56 Å². The second kappa shape index (κ2) is 8.87. The molecule has 12 heteroatoms. The molecule has 2 heterocycles. The van der Waals surface area contributed by atoms with Gasteiger partial charge in [-0.2, -0.15) is 0 Å². The number of halogens is 5. The summed E-state index contributed by atoms with van der Waals surface area (Å²) in [6, 6.07) is 5.65. The number of ether oxygens (including phenoxy) is 2. The van der Waals surface area contributed by atoms with Gasteiger partial charge in [0, 0.05) is 32.7 Å². The van der Waals surface area contributed by atoms with Gasteiger partial charge in [-0.05, 0) is 29.9 Å². The summed E-state index contributed by atoms with van der Waals surface area (Å²) in [7, 11) is 0. The average Bonchev–Trinajstić information content (AvgIpc) is 3.25. The maximum absolute atomic E-state index is 13.8. The molecule has 0 saturated carbocycles. The van der Waals surface area contributed by atoms with Gasteiger partial charge in [-0.3, -0.25) is 15.0 Å². The summed E-state index contributed by atoms with van der Waals surface area (Å²) in [6.07, 6.45) is 0. The zero-order valence-corrected chi connectivity index (χ0v) is 17.2. The van der Waals surface area contributed by atoms with Crippen LogP contribution in [-0.4, -0.2) is 53.8 Å². The lowest BCUT2D eigenvalue weighted by Gasteiger charge is -2.36. The smallest absolute Gasteiger partial charge is 0.263 e. The minimum absolute atomic E-state index is 0.165. The zero-order valence-electron chi connectivity index (χ0n) is 16.4. The second-order valence-corrected chi connectivity index (χ2v) is 7.54. The highest BCUT2D eigenvalue weighted by molar-refractivity contribution is 7.80. The van der Waals surface area contributed by atoms with Crippen LogP contribution in [0, 0.1) is 29.1 Å². The van der Waals surface area contributed by atoms with Crippen molar-refractivity contribution in [3.8, 4) is 11.5 Å². The highest BCUT2D eigenvalue weighted by Crippen LogP contribution is 2.33. The molecule has 2 aromatic carbocycles. The van der Waals surface area contributed by atoms with E-state index in [4.69, 9.17) is 21.7 Å². The molecule has 1 N–H and O–H groups in total. The SMILES string of the molecule is O=C(NC(=S)N1CCN(Cc2ccc3c(c2)OCO3)CC1)c1c(F)c(F)c(F)c(F)c1F. The summed E-state index contributed by atoms with van der Waals surface area (Å²) in [5.41, 5.74) is -0.560. The molecule has 2 aliphatic heterocycles. The van der Waals surface area contributed by atoms with Gasteiger partial charge in [0.05, 0.1) is 0 Å². The Bertz CT molecular complexity index is 1060. The third-order valence-corrected chi connectivity index (χ3v) is 5.52. The fourth-order valence-electron chi connectivity index (χ4n) is 3.45. The van der Waals surface area contributed by atoms with Gasteiger partial charge < -0.3 is 14.4 Å². The summed E-state index contributed by atoms with van der Waals surface area (Å²) < 4.78 is 78.1. The van der Waals surface area contributed by atoms with Crippen LogP contribution in [0.4, 0.5) is 22.0 Å². The van der Waals surface area contributed by atoms with Crippen molar-refractivity contribution in [2.45, 2.75) is 6.54 Å². The monoisotopic (exact) mass is 473 g/mol. The van der Waals surface area contributed by atoms with Crippen LogP contribution in [0.3, 0.4) is 0 Å². The van der Waals surface area contributed by atoms with Crippen molar-refractivity contribution in [3.05, 3.63) is 58.4 Å². The molecule has 2 aromatic rings. The van der Waals surface area contributed by atoms with E-state index in [1.54, 1.807) is 4.90 Å². The predicted octanol–water partition coefficient (Wildman–Crippen LogP) is 2.94. The molecule has 1 saturated heterocycles. The van der Waals surface area contributed by atoms with Gasteiger partial charge in [0.1, 0.15) is 5.56 Å². The minimum Gasteiger partial charge on any atom is -0.454 e. The van der Waals surface area contributed by atoms with Crippen molar-refractivity contribution < 1.29 is 36.2 Å². The van der Waals surface area contributed by atoms with E-state index < -0.39 is 40.6 Å². The normalized spacial score (nSPS) is 15.7. The summed E-state index contributed by atoms with van der Waals surface area (Å²) in [5, 5.41) is 1.88. The highest BCUT2D eigenvalue weighted by atomic mass is 32.1. The Hall–Kier alpha value is -2.99. The molecule has 4 rings (SSSR count). The van der Waals surface area contributed by atoms with Crippen LogP contribution >= 0.6 is 12.2 Å². The van der Waals surface area contributed by atoms with Gasteiger partial charge in [0.2, 0.25) is 12.6 Å². The first kappa shape index (κ1) is 22.2. The van der Waals surface area contributed by atoms with Gasteiger partial charge in [-0.15, -0.1) is 0 Å². The number of nitrogens with one attached hydrogen (secondary N) is 1. The quantitative estimate of drug-likeness (QED) is 0.320. The zero-order chi connectivity index (χ0) is 23.0. The first-order valence-electron chi connectivity index (χ1n) is 9.49. The summed E-state index contributed by atoms with van der Waals surface area (Å²) in [5.74, 6) is -11.3. The fourth-order valence-corrected chi connectivity index (χ4v) is 3.72. The van der Waals surface area contributed by atoms with Gasteiger partial charge in [-0.1, -0.05) is 6.07 Å². The topological polar surface area (TPSA) is 54.0 Å². The first-order valence-corrected chi connectivity index (χ1v) is 9.89. The number of nitrogens with zero attached hydrogens (tertiary/aromatic N) is 2. The molecular formula is C20H16F5N3O3S. The lowest BCUT2D eigenvalue weighted by Crippen LogP contribution is -2.52. The van der Waals surface area contributed by atoms with Gasteiger partial charge in [-0.25, -0.2) is 22.0 Å². The van der Waals surface area contributed by atoms with Crippen molar-refractivity contribution in [1.29, 1.82) is 0 Å². The van der Waals surface area contributed by atoms with E-state index in [9.17, 15) is 26.7 Å². The van der Waals surface area contributed by atoms with Crippen LogP contribution < -0.4 is 14.8 Å². The summed E-state index contributed by atoms with van der Waals surface area (Å²) in [4.78, 5) is 15.9. The lowest BCUT2D eigenvalue weighted by molar-refractivity contribution is 0.0957. The van der Waals surface area contributed by atoms with Crippen molar-refractivity contribution in [3.63, 3.8) is 0 Å². The van der Waals surface area contributed by atoms with Crippen molar-refractivity contribution in [1.82, 2.24) is 15.1 Å². The van der Waals surface area contributed by atoms with Crippen LogP contribution in [0.25, 0.3) is 0 Å². The number of carbonyl (C=O) groups is 1. The largest absolute Gasteiger partial charge is 0.454 e. The van der Waals surface area contributed by atoms with Crippen molar-refractivity contribution in [2.24, 2.45) is 0 Å². The van der Waals surface area contributed by atoms with E-state index in [0.29, 0.717) is 44.2 Å². The molecule has 1 amide bonds. The van der Waals surface area contributed by atoms with Crippen LogP contribution in [-0.2, 0) is 6.54 Å². The number of amides is 1. The van der Waals surface area contributed by atoms with Crippen LogP contribution in [0.15, 0.2) is 18.2 Å². The Morgan fingerprint density at radius 3 is 2.16 bits per heavy atom. The Morgan fingerprint density at radius 2 is 1.50 bits per heavy atom. The predicted molar refractivity (Wildman–Crippen MR) is 106 cm³/mol. The standard InChI is InChI=1S/C20H16F5N3O3S/c21-14-13(15(22)17(24)18(25)16(14)23)19(29)26-20(32)28-5-3-27(4-6-28)8-10-1-2-11-12(7-10)31-9-30-11/h1-2,7H,3-6,8-9H2,(H,26,29,32). The number of piperazine rings is 1. The third kappa shape index (κ3) is 4.19. The molecule has 32 heavy (non-hydrogen) atoms. The second-order valence-electron chi connectivity index (χ2n) is 7.15. The fraction of sp³-hybridized carbons (Fsp3) is 0.300. The van der Waals surface area contributed by atoms with Crippen LogP contribution in [0.5, 0.6) is 11.5 Å². The number of hydrogen-bond acceptors (Lipinski definition) is 5. The van der Waals surface area contributed by atoms with E-state index in [1.165, 1.54) is 0 Å². The van der Waals surface area contributed by atoms with Crippen molar-refractivity contribution >= 4 is 23.2 Å². The Morgan fingerprint density at radius 1 is 0.906 bits per heavy atom. The number of benzene rings is 2.